The third kappa shape index (κ3) is 6.77. The molecular weight excluding hydrogens is 177 g/mol. The average molecular weight is 188 g/mol. The summed E-state index contributed by atoms with van der Waals surface area (Å²) in [6.07, 6.45) is 3.97. The largest absolute Gasteiger partial charge is 0.542 e. The molecule has 0 fully saturated rings. The van der Waals surface area contributed by atoms with Crippen molar-refractivity contribution >= 4 is 6.29 Å². The molecule has 0 amide bonds. The van der Waals surface area contributed by atoms with Gasteiger partial charge < -0.3 is 4.79 Å². The predicted molar refractivity (Wildman–Crippen MR) is 29.8 cm³/mol. The third-order valence-electron chi connectivity index (χ3n) is 0.923. The summed E-state index contributed by atoms with van der Waals surface area (Å²) in [6, 6.07) is 0. The zero-order valence-corrected chi connectivity index (χ0v) is 8.32. The maximum absolute atomic E-state index is 9.77. The van der Waals surface area contributed by atoms with Crippen LogP contribution in [0.15, 0.2) is 0 Å². The molecule has 0 saturated heterocycles. The van der Waals surface area contributed by atoms with E-state index >= 15 is 0 Å². The summed E-state index contributed by atoms with van der Waals surface area (Å²) < 4.78 is 0. The van der Waals surface area contributed by atoms with Crippen molar-refractivity contribution in [3.8, 4) is 0 Å². The van der Waals surface area contributed by atoms with E-state index < -0.39 is 0 Å². The van der Waals surface area contributed by atoms with Gasteiger partial charge in [-0.25, -0.2) is 0 Å². The monoisotopic (exact) mass is 188 g/mol. The van der Waals surface area contributed by atoms with Crippen LogP contribution in [0.5, 0.6) is 0 Å². The van der Waals surface area contributed by atoms with Gasteiger partial charge in [0.25, 0.3) is 0 Å². The van der Waals surface area contributed by atoms with E-state index in [4.69, 9.17) is 0 Å². The Labute approximate surface area is 76.1 Å². The Bertz CT molecular complexity index is 54.5. The van der Waals surface area contributed by atoms with Gasteiger partial charge in [-0.2, -0.15) is 0 Å². The summed E-state index contributed by atoms with van der Waals surface area (Å²) in [7, 11) is 0. The van der Waals surface area contributed by atoms with Gasteiger partial charge in [0, 0.05) is 32.7 Å². The smallest absolute Gasteiger partial charge is 0 e. The van der Waals surface area contributed by atoms with Crippen LogP contribution in [0.25, 0.3) is 0 Å². The molecule has 0 heterocycles. The predicted octanol–water partition coefficient (Wildman–Crippen LogP) is 1.53. The second-order valence-electron chi connectivity index (χ2n) is 1.81. The molecule has 0 aliphatic heterocycles. The second-order valence-corrected chi connectivity index (χ2v) is 1.81. The maximum atomic E-state index is 9.77. The molecule has 1 atom stereocenters. The number of rotatable bonds is 3. The summed E-state index contributed by atoms with van der Waals surface area (Å²) >= 11 is 0. The van der Waals surface area contributed by atoms with Crippen molar-refractivity contribution in [1.29, 1.82) is 0 Å². The standard InChI is InChI=1S/C6H11O.Y/c1-3-4-6(2)5-7;/h6H,3-4H2,1-2H3;/q-1;. The van der Waals surface area contributed by atoms with Crippen LogP contribution in [0.4, 0.5) is 0 Å². The van der Waals surface area contributed by atoms with Gasteiger partial charge in [0.1, 0.15) is 0 Å². The van der Waals surface area contributed by atoms with Crippen molar-refractivity contribution in [2.24, 2.45) is 5.92 Å². The molecule has 0 aromatic carbocycles. The van der Waals surface area contributed by atoms with Crippen molar-refractivity contribution in [3.63, 3.8) is 0 Å². The molecule has 0 bridgehead atoms. The zero-order valence-electron chi connectivity index (χ0n) is 5.48. The first-order valence-corrected chi connectivity index (χ1v) is 2.69. The minimum absolute atomic E-state index is 0. The molecule has 0 spiro atoms. The molecule has 8 heavy (non-hydrogen) atoms. The minimum atomic E-state index is 0. The molecule has 0 N–H and O–H groups in total. The summed E-state index contributed by atoms with van der Waals surface area (Å²) in [4.78, 5) is 9.77. The van der Waals surface area contributed by atoms with E-state index in [1.807, 2.05) is 13.2 Å². The van der Waals surface area contributed by atoms with Gasteiger partial charge in [0.2, 0.25) is 0 Å². The maximum Gasteiger partial charge on any atom is 0 e. The molecule has 45 valence electrons. The topological polar surface area (TPSA) is 17.1 Å². The molecule has 0 aliphatic carbocycles. The quantitative estimate of drug-likeness (QED) is 0.613. The summed E-state index contributed by atoms with van der Waals surface area (Å²) in [5.41, 5.74) is 0. The van der Waals surface area contributed by atoms with Crippen LogP contribution in [-0.4, -0.2) is 6.29 Å². The Morgan fingerprint density at radius 2 is 2.12 bits per heavy atom. The van der Waals surface area contributed by atoms with Crippen LogP contribution >= 0.6 is 0 Å². The van der Waals surface area contributed by atoms with E-state index in [-0.39, 0.29) is 38.6 Å². The molecule has 1 unspecified atom stereocenters. The van der Waals surface area contributed by atoms with Crippen LogP contribution in [0, 0.1) is 5.92 Å². The van der Waals surface area contributed by atoms with Crippen LogP contribution in [-0.2, 0) is 37.5 Å². The van der Waals surface area contributed by atoms with Crippen molar-refractivity contribution in [3.05, 3.63) is 0 Å². The van der Waals surface area contributed by atoms with Gasteiger partial charge in [-0.15, -0.1) is 5.92 Å². The van der Waals surface area contributed by atoms with Gasteiger partial charge in [0.05, 0.1) is 0 Å². The normalized spacial score (nSPS) is 11.8. The Kier molecular flexibility index (Phi) is 11.2. The fourth-order valence-electron chi connectivity index (χ4n) is 0.492. The molecule has 0 saturated carbocycles. The Hall–Kier alpha value is 0.774. The molecule has 1 nitrogen and oxygen atoms in total. The van der Waals surface area contributed by atoms with Gasteiger partial charge in [-0.05, 0) is 0 Å². The van der Waals surface area contributed by atoms with Crippen molar-refractivity contribution in [2.45, 2.75) is 26.7 Å². The van der Waals surface area contributed by atoms with Crippen molar-refractivity contribution in [1.82, 2.24) is 0 Å². The molecule has 2 heteroatoms. The third-order valence-corrected chi connectivity index (χ3v) is 0.923. The first-order valence-electron chi connectivity index (χ1n) is 2.69. The van der Waals surface area contributed by atoms with Gasteiger partial charge in [0.15, 0.2) is 0 Å². The summed E-state index contributed by atoms with van der Waals surface area (Å²) in [5, 5.41) is 0. The number of hydrogen-bond acceptors (Lipinski definition) is 1. The zero-order chi connectivity index (χ0) is 5.70. The number of carbonyl (C=O) groups excluding carboxylic acids is 1. The SMILES string of the molecule is CCCC(C)[C-]=O.[Y]. The van der Waals surface area contributed by atoms with Crippen molar-refractivity contribution < 1.29 is 37.5 Å². The van der Waals surface area contributed by atoms with Gasteiger partial charge in [-0.3, -0.25) is 6.29 Å². The summed E-state index contributed by atoms with van der Waals surface area (Å²) in [5.74, 6) is 0.144. The van der Waals surface area contributed by atoms with Crippen LogP contribution in [0.3, 0.4) is 0 Å². The van der Waals surface area contributed by atoms with E-state index in [0.29, 0.717) is 0 Å². The molecule has 0 aliphatic rings. The fourth-order valence-corrected chi connectivity index (χ4v) is 0.492. The first-order chi connectivity index (χ1) is 3.31. The Balaban J connectivity index is 0. The van der Waals surface area contributed by atoms with E-state index in [1.54, 1.807) is 0 Å². The summed E-state index contributed by atoms with van der Waals surface area (Å²) in [6.45, 7) is 3.95. The van der Waals surface area contributed by atoms with Gasteiger partial charge in [-0.1, -0.05) is 26.7 Å². The van der Waals surface area contributed by atoms with Crippen LogP contribution < -0.4 is 0 Å². The van der Waals surface area contributed by atoms with Crippen LogP contribution in [0.1, 0.15) is 26.7 Å². The van der Waals surface area contributed by atoms with E-state index in [0.717, 1.165) is 12.8 Å². The molecule has 1 radical (unpaired) electrons. The number of hydrogen-bond donors (Lipinski definition) is 0. The fraction of sp³-hybridized carbons (Fsp3) is 0.833. The Morgan fingerprint density at radius 1 is 1.62 bits per heavy atom. The molecule has 0 aromatic rings. The minimum Gasteiger partial charge on any atom is -0.542 e. The second kappa shape index (κ2) is 7.77. The average Bonchev–Trinajstić information content (AvgIpc) is 1.68. The van der Waals surface area contributed by atoms with Crippen molar-refractivity contribution in [2.75, 3.05) is 0 Å². The molecule has 0 rings (SSSR count). The van der Waals surface area contributed by atoms with E-state index in [1.165, 1.54) is 0 Å². The van der Waals surface area contributed by atoms with Crippen LogP contribution in [0.2, 0.25) is 0 Å². The van der Waals surface area contributed by atoms with Gasteiger partial charge >= 0.3 is 0 Å². The van der Waals surface area contributed by atoms with E-state index in [9.17, 15) is 4.79 Å². The van der Waals surface area contributed by atoms with E-state index in [2.05, 4.69) is 6.92 Å². The molecule has 0 aromatic heterocycles. The molecular formula is C6H11OY-. The Morgan fingerprint density at radius 3 is 2.25 bits per heavy atom. The first kappa shape index (κ1) is 11.6.